The molecule has 0 unspecified atom stereocenters. The Labute approximate surface area is 166 Å². The van der Waals surface area contributed by atoms with Gasteiger partial charge in [0, 0.05) is 37.4 Å². The minimum atomic E-state index is -0.216. The predicted molar refractivity (Wildman–Crippen MR) is 99.9 cm³/mol. The third-order valence-electron chi connectivity index (χ3n) is 5.42. The van der Waals surface area contributed by atoms with E-state index in [1.54, 1.807) is 19.0 Å². The van der Waals surface area contributed by atoms with E-state index in [2.05, 4.69) is 25.4 Å². The molecule has 150 valence electrons. The Morgan fingerprint density at radius 2 is 2.07 bits per heavy atom. The number of aromatic nitrogens is 7. The molecule has 2 fully saturated rings. The molecule has 0 N–H and O–H groups in total. The summed E-state index contributed by atoms with van der Waals surface area (Å²) >= 11 is 0. The molecule has 3 aromatic rings. The van der Waals surface area contributed by atoms with Crippen LogP contribution in [-0.2, 0) is 11.3 Å². The van der Waals surface area contributed by atoms with Crippen molar-refractivity contribution in [2.75, 3.05) is 19.6 Å². The van der Waals surface area contributed by atoms with E-state index >= 15 is 0 Å². The molecule has 5 heterocycles. The van der Waals surface area contributed by atoms with Crippen molar-refractivity contribution in [3.05, 3.63) is 35.2 Å². The molecule has 11 nitrogen and oxygen atoms in total. The summed E-state index contributed by atoms with van der Waals surface area (Å²) in [6, 6.07) is 1.96. The first-order chi connectivity index (χ1) is 14.0. The normalized spacial score (nSPS) is 17.4. The van der Waals surface area contributed by atoms with Crippen LogP contribution >= 0.6 is 0 Å². The van der Waals surface area contributed by atoms with Crippen LogP contribution in [0.15, 0.2) is 12.3 Å². The molecule has 5 rings (SSSR count). The van der Waals surface area contributed by atoms with Gasteiger partial charge in [0.15, 0.2) is 0 Å². The Bertz CT molecular complexity index is 1110. The van der Waals surface area contributed by atoms with Gasteiger partial charge in [0.25, 0.3) is 11.7 Å². The summed E-state index contributed by atoms with van der Waals surface area (Å²) in [6.07, 6.45) is 3.37. The topological polar surface area (TPSA) is 114 Å². The molecule has 2 aliphatic rings. The fraction of sp³-hybridized carbons (Fsp3) is 0.500. The van der Waals surface area contributed by atoms with Gasteiger partial charge in [0.2, 0.25) is 11.7 Å². The number of hydrogen-bond acceptors (Lipinski definition) is 7. The lowest BCUT2D eigenvalue weighted by Gasteiger charge is -2.38. The predicted octanol–water partition coefficient (Wildman–Crippen LogP) is 0.152. The van der Waals surface area contributed by atoms with E-state index in [-0.39, 0.29) is 23.7 Å². The number of likely N-dealkylation sites (tertiary alicyclic amines) is 2. The zero-order chi connectivity index (χ0) is 20.1. The standard InChI is InChI=1S/C18H21N9O2/c1-11-6-12(2)27-18(19-11)20-16(22-27)17(29)25-9-14(10-25)26-8-13(21-23-26)7-24-5-3-4-15(24)28/h6,8,14H,3-5,7,9-10H2,1-2H3. The molecule has 2 amide bonds. The molecule has 0 bridgehead atoms. The molecule has 2 saturated heterocycles. The quantitative estimate of drug-likeness (QED) is 0.618. The Kier molecular flexibility index (Phi) is 4.03. The first-order valence-corrected chi connectivity index (χ1v) is 9.67. The lowest BCUT2D eigenvalue weighted by molar-refractivity contribution is -0.128. The number of amides is 2. The fourth-order valence-electron chi connectivity index (χ4n) is 3.82. The minimum absolute atomic E-state index is 0.0635. The highest BCUT2D eigenvalue weighted by Crippen LogP contribution is 2.22. The molecule has 0 spiro atoms. The second-order valence-corrected chi connectivity index (χ2v) is 7.66. The van der Waals surface area contributed by atoms with Gasteiger partial charge in [-0.1, -0.05) is 5.21 Å². The van der Waals surface area contributed by atoms with Gasteiger partial charge in [-0.05, 0) is 26.3 Å². The SMILES string of the molecule is Cc1cc(C)n2nc(C(=O)N3CC(n4cc(CN5CCCC5=O)nn4)C3)nc2n1. The van der Waals surface area contributed by atoms with Crippen molar-refractivity contribution < 1.29 is 9.59 Å². The van der Waals surface area contributed by atoms with Crippen molar-refractivity contribution in [1.29, 1.82) is 0 Å². The Balaban J connectivity index is 1.23. The van der Waals surface area contributed by atoms with Crippen molar-refractivity contribution in [1.82, 2.24) is 44.4 Å². The van der Waals surface area contributed by atoms with Crippen molar-refractivity contribution in [2.45, 2.75) is 39.3 Å². The molecule has 0 aliphatic carbocycles. The van der Waals surface area contributed by atoms with E-state index in [9.17, 15) is 9.59 Å². The molecule has 0 saturated carbocycles. The van der Waals surface area contributed by atoms with Gasteiger partial charge in [-0.25, -0.2) is 14.2 Å². The van der Waals surface area contributed by atoms with E-state index in [0.29, 0.717) is 31.8 Å². The zero-order valence-electron chi connectivity index (χ0n) is 16.3. The maximum atomic E-state index is 12.7. The highest BCUT2D eigenvalue weighted by Gasteiger charge is 2.35. The maximum absolute atomic E-state index is 12.7. The van der Waals surface area contributed by atoms with Gasteiger partial charge in [0.1, 0.15) is 5.69 Å². The van der Waals surface area contributed by atoms with Gasteiger partial charge < -0.3 is 9.80 Å². The molecule has 11 heteroatoms. The molecule has 0 atom stereocenters. The molecule has 0 radical (unpaired) electrons. The van der Waals surface area contributed by atoms with Gasteiger partial charge >= 0.3 is 0 Å². The molecule has 2 aliphatic heterocycles. The summed E-state index contributed by atoms with van der Waals surface area (Å²) in [6.45, 7) is 6.09. The van der Waals surface area contributed by atoms with Crippen LogP contribution in [0.1, 0.15) is 46.6 Å². The summed E-state index contributed by atoms with van der Waals surface area (Å²) < 4.78 is 3.35. The molecular weight excluding hydrogens is 374 g/mol. The third-order valence-corrected chi connectivity index (χ3v) is 5.42. The van der Waals surface area contributed by atoms with Crippen molar-refractivity contribution >= 4 is 17.6 Å². The van der Waals surface area contributed by atoms with Crippen LogP contribution < -0.4 is 0 Å². The van der Waals surface area contributed by atoms with E-state index < -0.39 is 0 Å². The molecular formula is C18H21N9O2. The van der Waals surface area contributed by atoms with Crippen molar-refractivity contribution in [3.8, 4) is 0 Å². The molecule has 0 aromatic carbocycles. The number of aryl methyl sites for hydroxylation is 2. The molecule has 3 aromatic heterocycles. The Morgan fingerprint density at radius 3 is 2.83 bits per heavy atom. The monoisotopic (exact) mass is 395 g/mol. The van der Waals surface area contributed by atoms with Crippen LogP contribution in [0, 0.1) is 13.8 Å². The summed E-state index contributed by atoms with van der Waals surface area (Å²) in [5.41, 5.74) is 2.49. The zero-order valence-corrected chi connectivity index (χ0v) is 16.3. The fourth-order valence-corrected chi connectivity index (χ4v) is 3.82. The van der Waals surface area contributed by atoms with E-state index in [1.165, 1.54) is 0 Å². The molecule has 29 heavy (non-hydrogen) atoms. The Hall–Kier alpha value is -3.37. The number of hydrogen-bond donors (Lipinski definition) is 0. The van der Waals surface area contributed by atoms with Crippen LogP contribution in [0.4, 0.5) is 0 Å². The van der Waals surface area contributed by atoms with Gasteiger partial charge in [-0.15, -0.1) is 10.2 Å². The number of nitrogens with zero attached hydrogens (tertiary/aromatic N) is 9. The largest absolute Gasteiger partial charge is 0.337 e. The first-order valence-electron chi connectivity index (χ1n) is 9.67. The average molecular weight is 395 g/mol. The van der Waals surface area contributed by atoms with E-state index in [1.807, 2.05) is 26.1 Å². The lowest BCUT2D eigenvalue weighted by atomic mass is 10.1. The van der Waals surface area contributed by atoms with Gasteiger partial charge in [0.05, 0.1) is 18.8 Å². The lowest BCUT2D eigenvalue weighted by Crippen LogP contribution is -2.51. The second kappa shape index (κ2) is 6.61. The average Bonchev–Trinajstić information content (AvgIpc) is 3.35. The summed E-state index contributed by atoms with van der Waals surface area (Å²) in [5.74, 6) is 0.531. The number of rotatable bonds is 4. The van der Waals surface area contributed by atoms with E-state index in [0.717, 1.165) is 30.0 Å². The van der Waals surface area contributed by atoms with Crippen LogP contribution in [-0.4, -0.2) is 75.8 Å². The van der Waals surface area contributed by atoms with E-state index in [4.69, 9.17) is 0 Å². The maximum Gasteiger partial charge on any atom is 0.293 e. The smallest absolute Gasteiger partial charge is 0.293 e. The first kappa shape index (κ1) is 17.7. The number of carbonyl (C=O) groups is 2. The van der Waals surface area contributed by atoms with Crippen LogP contribution in [0.2, 0.25) is 0 Å². The van der Waals surface area contributed by atoms with Crippen LogP contribution in [0.25, 0.3) is 5.78 Å². The second-order valence-electron chi connectivity index (χ2n) is 7.66. The van der Waals surface area contributed by atoms with Gasteiger partial charge in [-0.3, -0.25) is 9.59 Å². The highest BCUT2D eigenvalue weighted by molar-refractivity contribution is 5.91. The van der Waals surface area contributed by atoms with Crippen LogP contribution in [0.3, 0.4) is 0 Å². The number of fused-ring (bicyclic) bond motifs is 1. The van der Waals surface area contributed by atoms with Crippen molar-refractivity contribution in [2.24, 2.45) is 0 Å². The highest BCUT2D eigenvalue weighted by atomic mass is 16.2. The number of carbonyl (C=O) groups excluding carboxylic acids is 2. The van der Waals surface area contributed by atoms with Crippen LogP contribution in [0.5, 0.6) is 0 Å². The van der Waals surface area contributed by atoms with Gasteiger partial charge in [-0.2, -0.15) is 4.98 Å². The summed E-state index contributed by atoms with van der Waals surface area (Å²) in [5, 5.41) is 12.6. The van der Waals surface area contributed by atoms with Crippen molar-refractivity contribution in [3.63, 3.8) is 0 Å². The summed E-state index contributed by atoms with van der Waals surface area (Å²) in [4.78, 5) is 36.6. The minimum Gasteiger partial charge on any atom is -0.337 e. The summed E-state index contributed by atoms with van der Waals surface area (Å²) in [7, 11) is 0. The third kappa shape index (κ3) is 3.12. The Morgan fingerprint density at radius 1 is 1.24 bits per heavy atom.